The summed E-state index contributed by atoms with van der Waals surface area (Å²) in [4.78, 5) is 16.3. The molecule has 4 rings (SSSR count). The van der Waals surface area contributed by atoms with Gasteiger partial charge in [0.25, 0.3) is 0 Å². The molecule has 4 nitrogen and oxygen atoms in total. The van der Waals surface area contributed by atoms with Crippen LogP contribution in [0.2, 0.25) is 0 Å². The minimum absolute atomic E-state index is 0.107. The molecule has 1 aromatic heterocycles. The largest absolute Gasteiger partial charge is 0.435 e. The number of hydrogen-bond donors (Lipinski definition) is 0. The summed E-state index contributed by atoms with van der Waals surface area (Å²) >= 11 is 0. The van der Waals surface area contributed by atoms with Crippen LogP contribution in [0.1, 0.15) is 48.8 Å². The Balaban J connectivity index is 1.68. The van der Waals surface area contributed by atoms with Gasteiger partial charge in [0, 0.05) is 30.8 Å². The Morgan fingerprint density at radius 2 is 1.43 bits per heavy atom. The van der Waals surface area contributed by atoms with Crippen molar-refractivity contribution in [3.63, 3.8) is 0 Å². The van der Waals surface area contributed by atoms with Crippen LogP contribution in [0.4, 0.5) is 35.1 Å². The van der Waals surface area contributed by atoms with Gasteiger partial charge in [0.05, 0.1) is 4.90 Å². The molecule has 2 aromatic carbocycles. The lowest BCUT2D eigenvalue weighted by Gasteiger charge is -2.40. The van der Waals surface area contributed by atoms with Gasteiger partial charge in [0.1, 0.15) is 16.3 Å². The van der Waals surface area contributed by atoms with E-state index in [1.54, 1.807) is 24.5 Å². The maximum atomic E-state index is 14.6. The van der Waals surface area contributed by atoms with Gasteiger partial charge < -0.3 is 0 Å². The Kier molecular flexibility index (Phi) is 8.56. The molecule has 0 radical (unpaired) electrons. The number of alkyl halides is 7. The Bertz CT molecular complexity index is 1480. The maximum absolute atomic E-state index is 14.6. The lowest BCUT2D eigenvalue weighted by Crippen LogP contribution is -2.50. The van der Waals surface area contributed by atoms with Gasteiger partial charge in [0.2, 0.25) is 0 Å². The number of aromatic nitrogens is 1. The van der Waals surface area contributed by atoms with Gasteiger partial charge in [-0.2, -0.15) is 26.3 Å². The van der Waals surface area contributed by atoms with Crippen molar-refractivity contribution in [1.29, 1.82) is 0 Å². The summed E-state index contributed by atoms with van der Waals surface area (Å²) in [6.07, 6.45) is -9.17. The number of ketones is 1. The number of carbonyl (C=O) groups excluding carboxylic acids is 1. The molecule has 42 heavy (non-hydrogen) atoms. The molecule has 0 bridgehead atoms. The second-order valence-electron chi connectivity index (χ2n) is 10.4. The van der Waals surface area contributed by atoms with E-state index in [1.807, 2.05) is 0 Å². The van der Waals surface area contributed by atoms with Gasteiger partial charge in [-0.1, -0.05) is 30.3 Å². The van der Waals surface area contributed by atoms with Crippen LogP contribution in [0.15, 0.2) is 78.0 Å². The molecule has 1 saturated carbocycles. The van der Waals surface area contributed by atoms with Crippen molar-refractivity contribution in [3.05, 3.63) is 95.6 Å². The van der Waals surface area contributed by atoms with Crippen LogP contribution in [0.25, 0.3) is 0 Å². The average molecular weight is 620 g/mol. The van der Waals surface area contributed by atoms with Crippen molar-refractivity contribution in [3.8, 4) is 0 Å². The summed E-state index contributed by atoms with van der Waals surface area (Å²) in [6.45, 7) is 0. The number of rotatable bonds is 8. The highest BCUT2D eigenvalue weighted by Crippen LogP contribution is 2.54. The highest BCUT2D eigenvalue weighted by atomic mass is 32.2. The van der Waals surface area contributed by atoms with E-state index >= 15 is 0 Å². The molecule has 1 fully saturated rings. The first kappa shape index (κ1) is 31.6. The van der Waals surface area contributed by atoms with Crippen LogP contribution in [-0.2, 0) is 31.5 Å². The topological polar surface area (TPSA) is 64.1 Å². The molecule has 0 N–H and O–H groups in total. The summed E-state index contributed by atoms with van der Waals surface area (Å²) in [5.41, 5.74) is -6.85. The molecule has 1 aliphatic rings. The molecule has 0 spiro atoms. The molecule has 226 valence electrons. The third kappa shape index (κ3) is 5.80. The van der Waals surface area contributed by atoms with Crippen molar-refractivity contribution in [2.24, 2.45) is 5.92 Å². The van der Waals surface area contributed by atoms with Crippen LogP contribution in [-0.4, -0.2) is 31.5 Å². The average Bonchev–Trinajstić information content (AvgIpc) is 2.92. The molecule has 3 aromatic rings. The van der Waals surface area contributed by atoms with Crippen molar-refractivity contribution < 1.29 is 48.3 Å². The third-order valence-electron chi connectivity index (χ3n) is 7.78. The second-order valence-corrected chi connectivity index (χ2v) is 12.7. The first-order valence-corrected chi connectivity index (χ1v) is 14.3. The molecule has 0 saturated heterocycles. The lowest BCUT2D eigenvalue weighted by atomic mass is 9.75. The molecule has 1 heterocycles. The SMILES string of the molecule is O=C(Cc1cccnc1)CC1CCC(c2ccc(C(F)(C(F)(F)F)C(F)(F)F)cc2)(S(=O)(=O)c2ccc(F)cc2)CC1. The minimum Gasteiger partial charge on any atom is -0.299 e. The standard InChI is InChI=1S/C29H25F8NO3S/c30-23-7-9-25(10-8-23)42(40,41)26(13-11-19(12-14-26)16-24(39)17-20-2-1-15-38-18-20)21-3-5-22(6-4-21)27(31,28(32,33)34)29(35,36)37/h1-10,15,18-19H,11-14,16-17H2. The molecule has 0 atom stereocenters. The van der Waals surface area contributed by atoms with Gasteiger partial charge in [-0.3, -0.25) is 9.78 Å². The van der Waals surface area contributed by atoms with E-state index in [-0.39, 0.29) is 60.7 Å². The highest BCUT2D eigenvalue weighted by molar-refractivity contribution is 7.92. The van der Waals surface area contributed by atoms with Gasteiger partial charge in [-0.05, 0) is 73.1 Å². The molecule has 0 amide bonds. The van der Waals surface area contributed by atoms with Crippen molar-refractivity contribution in [2.45, 2.75) is 66.2 Å². The monoisotopic (exact) mass is 619 g/mol. The smallest absolute Gasteiger partial charge is 0.299 e. The number of benzene rings is 2. The predicted octanol–water partition coefficient (Wildman–Crippen LogP) is 7.57. The second kappa shape index (κ2) is 11.4. The highest BCUT2D eigenvalue weighted by Gasteiger charge is 2.73. The van der Waals surface area contributed by atoms with Gasteiger partial charge >= 0.3 is 18.0 Å². The Morgan fingerprint density at radius 3 is 1.93 bits per heavy atom. The van der Waals surface area contributed by atoms with Crippen LogP contribution < -0.4 is 0 Å². The molecule has 0 aliphatic heterocycles. The summed E-state index contributed by atoms with van der Waals surface area (Å²) in [5.74, 6) is -1.06. The fraction of sp³-hybridized carbons (Fsp3) is 0.379. The first-order valence-electron chi connectivity index (χ1n) is 12.9. The summed E-state index contributed by atoms with van der Waals surface area (Å²) in [6, 6.07) is 9.39. The number of hydrogen-bond acceptors (Lipinski definition) is 4. The van der Waals surface area contributed by atoms with Gasteiger partial charge in [-0.25, -0.2) is 17.2 Å². The van der Waals surface area contributed by atoms with E-state index in [2.05, 4.69) is 4.98 Å². The van der Waals surface area contributed by atoms with Crippen LogP contribution in [0.3, 0.4) is 0 Å². The Hall–Kier alpha value is -3.35. The lowest BCUT2D eigenvalue weighted by molar-refractivity contribution is -0.348. The quantitative estimate of drug-likeness (QED) is 0.193. The number of sulfone groups is 1. The van der Waals surface area contributed by atoms with E-state index in [9.17, 15) is 48.3 Å². The van der Waals surface area contributed by atoms with Crippen molar-refractivity contribution in [1.82, 2.24) is 4.98 Å². The number of carbonyl (C=O) groups is 1. The maximum Gasteiger partial charge on any atom is 0.435 e. The fourth-order valence-electron chi connectivity index (χ4n) is 5.52. The zero-order valence-corrected chi connectivity index (χ0v) is 22.7. The molecular weight excluding hydrogens is 594 g/mol. The summed E-state index contributed by atoms with van der Waals surface area (Å²) in [5, 5.41) is 0. The van der Waals surface area contributed by atoms with E-state index < -0.39 is 44.0 Å². The first-order chi connectivity index (χ1) is 19.5. The summed E-state index contributed by atoms with van der Waals surface area (Å²) < 4.78 is 134. The van der Waals surface area contributed by atoms with Crippen LogP contribution >= 0.6 is 0 Å². The zero-order valence-electron chi connectivity index (χ0n) is 21.9. The predicted molar refractivity (Wildman–Crippen MR) is 136 cm³/mol. The number of pyridine rings is 1. The number of Topliss-reactive ketones (excluding diaryl/α,β-unsaturated/α-hetero) is 1. The van der Waals surface area contributed by atoms with E-state index in [0.29, 0.717) is 17.7 Å². The Morgan fingerprint density at radius 1 is 0.857 bits per heavy atom. The van der Waals surface area contributed by atoms with E-state index in [1.165, 1.54) is 0 Å². The fourth-order valence-corrected chi connectivity index (χ4v) is 7.68. The normalized spacial score (nSPS) is 20.3. The van der Waals surface area contributed by atoms with Gasteiger partial charge in [-0.15, -0.1) is 0 Å². The van der Waals surface area contributed by atoms with Gasteiger partial charge in [0.15, 0.2) is 9.84 Å². The van der Waals surface area contributed by atoms with Crippen molar-refractivity contribution in [2.75, 3.05) is 0 Å². The molecule has 0 unspecified atom stereocenters. The number of nitrogens with zero attached hydrogens (tertiary/aromatic N) is 1. The third-order valence-corrected chi connectivity index (χ3v) is 10.3. The molecule has 13 heteroatoms. The van der Waals surface area contributed by atoms with E-state index in [0.717, 1.165) is 36.4 Å². The molecular formula is C29H25F8NO3S. The van der Waals surface area contributed by atoms with E-state index in [4.69, 9.17) is 0 Å². The van der Waals surface area contributed by atoms with Crippen LogP contribution in [0, 0.1) is 11.7 Å². The number of halogens is 8. The zero-order chi connectivity index (χ0) is 31.0. The molecule has 1 aliphatic carbocycles. The van der Waals surface area contributed by atoms with Crippen LogP contribution in [0.5, 0.6) is 0 Å². The summed E-state index contributed by atoms with van der Waals surface area (Å²) in [7, 11) is -4.40. The minimum atomic E-state index is -6.33. The van der Waals surface area contributed by atoms with Crippen molar-refractivity contribution >= 4 is 15.6 Å². The Labute approximate surface area is 236 Å².